The summed E-state index contributed by atoms with van der Waals surface area (Å²) in [7, 11) is 0. The van der Waals surface area contributed by atoms with Gasteiger partial charge in [0, 0.05) is 16.7 Å². The number of rotatable bonds is 2. The first kappa shape index (κ1) is 16.0. The number of carboxylic acid groups (broad SMARTS) is 1. The lowest BCUT2D eigenvalue weighted by atomic mass is 10.2. The maximum Gasteiger partial charge on any atom is 0.335 e. The van der Waals surface area contributed by atoms with Gasteiger partial charge < -0.3 is 14.9 Å². The number of aromatic carboxylic acids is 1. The summed E-state index contributed by atoms with van der Waals surface area (Å²) in [4.78, 5) is 10.2. The van der Waals surface area contributed by atoms with Crippen LogP contribution in [0.3, 0.4) is 0 Å². The second-order valence-corrected chi connectivity index (χ2v) is 5.40. The van der Waals surface area contributed by atoms with Crippen molar-refractivity contribution in [1.82, 2.24) is 0 Å². The molecule has 0 unspecified atom stereocenters. The molecule has 0 aromatic heterocycles. The number of carboxylic acids is 1. The number of hydrogen-bond acceptors (Lipinski definition) is 4. The van der Waals surface area contributed by atoms with E-state index >= 15 is 0 Å². The van der Waals surface area contributed by atoms with Crippen molar-refractivity contribution in [3.8, 4) is 5.75 Å². The van der Waals surface area contributed by atoms with E-state index in [-0.39, 0.29) is 5.75 Å². The number of hydrogen-bond donors (Lipinski definition) is 2. The molecule has 0 spiro atoms. The summed E-state index contributed by atoms with van der Waals surface area (Å²) >= 11 is 1.75. The number of thioether (sulfide) groups is 1. The van der Waals surface area contributed by atoms with Crippen LogP contribution in [0.1, 0.15) is 15.9 Å². The SMILES string of the molecule is O=C(O)c1ccccc1.Oc1ccc(C2=CSCCO2)cc1. The highest BCUT2D eigenvalue weighted by atomic mass is 32.2. The van der Waals surface area contributed by atoms with Crippen molar-refractivity contribution >= 4 is 23.5 Å². The number of benzene rings is 2. The van der Waals surface area contributed by atoms with Gasteiger partial charge in [-0.2, -0.15) is 0 Å². The fourth-order valence-electron chi connectivity index (χ4n) is 1.73. The third kappa shape index (κ3) is 4.86. The van der Waals surface area contributed by atoms with Gasteiger partial charge in [0.15, 0.2) is 0 Å². The van der Waals surface area contributed by atoms with E-state index in [1.165, 1.54) is 0 Å². The topological polar surface area (TPSA) is 66.8 Å². The minimum atomic E-state index is -0.879. The average molecular weight is 316 g/mol. The van der Waals surface area contributed by atoms with Crippen molar-refractivity contribution in [3.05, 3.63) is 71.1 Å². The first-order valence-electron chi connectivity index (χ1n) is 6.69. The van der Waals surface area contributed by atoms with Crippen molar-refractivity contribution in [1.29, 1.82) is 0 Å². The zero-order valence-corrected chi connectivity index (χ0v) is 12.6. The summed E-state index contributed by atoms with van der Waals surface area (Å²) < 4.78 is 5.46. The lowest BCUT2D eigenvalue weighted by Gasteiger charge is -2.14. The molecule has 1 heterocycles. The minimum absolute atomic E-state index is 0.285. The van der Waals surface area contributed by atoms with Crippen LogP contribution in [-0.2, 0) is 4.74 Å². The fourth-order valence-corrected chi connectivity index (χ4v) is 2.38. The second kappa shape index (κ2) is 8.14. The highest BCUT2D eigenvalue weighted by Gasteiger charge is 2.06. The molecule has 1 aliphatic heterocycles. The van der Waals surface area contributed by atoms with Crippen LogP contribution >= 0.6 is 11.8 Å². The number of carbonyl (C=O) groups is 1. The molecule has 0 saturated carbocycles. The van der Waals surface area contributed by atoms with Crippen LogP contribution in [0, 0.1) is 0 Å². The molecule has 0 bridgehead atoms. The molecule has 3 rings (SSSR count). The van der Waals surface area contributed by atoms with E-state index < -0.39 is 5.97 Å². The maximum atomic E-state index is 10.2. The summed E-state index contributed by atoms with van der Waals surface area (Å²) in [6.07, 6.45) is 0. The molecule has 0 radical (unpaired) electrons. The van der Waals surface area contributed by atoms with E-state index in [0.29, 0.717) is 5.56 Å². The molecule has 0 amide bonds. The molecule has 0 aliphatic carbocycles. The van der Waals surface area contributed by atoms with Crippen molar-refractivity contribution in [2.75, 3.05) is 12.4 Å². The predicted molar refractivity (Wildman–Crippen MR) is 87.9 cm³/mol. The van der Waals surface area contributed by atoms with Crippen LogP contribution in [0.25, 0.3) is 5.76 Å². The minimum Gasteiger partial charge on any atom is -0.508 e. The summed E-state index contributed by atoms with van der Waals surface area (Å²) in [5.41, 5.74) is 1.35. The van der Waals surface area contributed by atoms with Crippen molar-refractivity contribution in [3.63, 3.8) is 0 Å². The third-order valence-corrected chi connectivity index (χ3v) is 3.60. The third-order valence-electron chi connectivity index (χ3n) is 2.82. The Morgan fingerprint density at radius 1 is 1.05 bits per heavy atom. The molecule has 0 saturated heterocycles. The van der Waals surface area contributed by atoms with Crippen LogP contribution in [0.15, 0.2) is 60.0 Å². The van der Waals surface area contributed by atoms with Crippen LogP contribution in [0.4, 0.5) is 0 Å². The molecule has 1 aliphatic rings. The zero-order chi connectivity index (χ0) is 15.8. The number of phenolic OH excluding ortho intramolecular Hbond substituents is 1. The summed E-state index contributed by atoms with van der Waals surface area (Å²) in [6, 6.07) is 15.3. The molecule has 22 heavy (non-hydrogen) atoms. The Labute approximate surface area is 133 Å². The molecule has 2 aromatic rings. The van der Waals surface area contributed by atoms with Crippen LogP contribution in [0.5, 0.6) is 5.75 Å². The van der Waals surface area contributed by atoms with Gasteiger partial charge in [0.25, 0.3) is 0 Å². The van der Waals surface area contributed by atoms with Gasteiger partial charge in [-0.05, 0) is 36.4 Å². The largest absolute Gasteiger partial charge is 0.508 e. The van der Waals surface area contributed by atoms with Gasteiger partial charge in [0.1, 0.15) is 11.5 Å². The first-order chi connectivity index (χ1) is 10.7. The molecule has 5 heteroatoms. The maximum absolute atomic E-state index is 10.2. The van der Waals surface area contributed by atoms with Crippen molar-refractivity contribution < 1.29 is 19.7 Å². The van der Waals surface area contributed by atoms with Gasteiger partial charge in [-0.1, -0.05) is 18.2 Å². The van der Waals surface area contributed by atoms with E-state index in [4.69, 9.17) is 14.9 Å². The number of phenols is 1. The zero-order valence-electron chi connectivity index (χ0n) is 11.8. The normalized spacial score (nSPS) is 13.2. The Hall–Kier alpha value is -2.40. The quantitative estimate of drug-likeness (QED) is 0.881. The Bertz CT molecular complexity index is 635. The predicted octanol–water partition coefficient (Wildman–Crippen LogP) is 3.84. The molecule has 2 aromatic carbocycles. The Morgan fingerprint density at radius 3 is 2.23 bits per heavy atom. The standard InChI is InChI=1S/C10H10O2S.C7H6O2/c11-9-3-1-8(2-4-9)10-7-13-6-5-12-10;8-7(9)6-4-2-1-3-5-6/h1-4,7,11H,5-6H2;1-5H,(H,8,9). The highest BCUT2D eigenvalue weighted by Crippen LogP contribution is 2.25. The molecule has 114 valence electrons. The molecule has 4 nitrogen and oxygen atoms in total. The smallest absolute Gasteiger partial charge is 0.335 e. The van der Waals surface area contributed by atoms with Gasteiger partial charge in [0.05, 0.1) is 12.2 Å². The van der Waals surface area contributed by atoms with Gasteiger partial charge in [-0.15, -0.1) is 11.8 Å². The van der Waals surface area contributed by atoms with Crippen LogP contribution in [0.2, 0.25) is 0 Å². The summed E-state index contributed by atoms with van der Waals surface area (Å²) in [6.45, 7) is 0.761. The summed E-state index contributed by atoms with van der Waals surface area (Å²) in [5, 5.41) is 19.5. The summed E-state index contributed by atoms with van der Waals surface area (Å²) in [5.74, 6) is 1.32. The van der Waals surface area contributed by atoms with Crippen LogP contribution in [-0.4, -0.2) is 28.5 Å². The highest BCUT2D eigenvalue weighted by molar-refractivity contribution is 8.02. The van der Waals surface area contributed by atoms with Gasteiger partial charge in [-0.25, -0.2) is 4.79 Å². The average Bonchev–Trinajstić information content (AvgIpc) is 2.58. The van der Waals surface area contributed by atoms with E-state index in [9.17, 15) is 4.79 Å². The van der Waals surface area contributed by atoms with Gasteiger partial charge in [-0.3, -0.25) is 0 Å². The first-order valence-corrected chi connectivity index (χ1v) is 7.74. The molecule has 0 fully saturated rings. The Balaban J connectivity index is 0.000000172. The van der Waals surface area contributed by atoms with Gasteiger partial charge in [0.2, 0.25) is 0 Å². The Kier molecular flexibility index (Phi) is 5.91. The lowest BCUT2D eigenvalue weighted by molar-refractivity contribution is 0.0697. The second-order valence-electron chi connectivity index (χ2n) is 4.42. The fraction of sp³-hybridized carbons (Fsp3) is 0.118. The van der Waals surface area contributed by atoms with E-state index in [0.717, 1.165) is 23.7 Å². The van der Waals surface area contributed by atoms with E-state index in [1.54, 1.807) is 54.2 Å². The lowest BCUT2D eigenvalue weighted by Crippen LogP contribution is -2.00. The van der Waals surface area contributed by atoms with E-state index in [1.807, 2.05) is 17.5 Å². The van der Waals surface area contributed by atoms with Crippen molar-refractivity contribution in [2.45, 2.75) is 0 Å². The number of aromatic hydroxyl groups is 1. The molecular formula is C17H16O4S. The molecule has 0 atom stereocenters. The molecule has 2 N–H and O–H groups in total. The number of ether oxygens (including phenoxy) is 1. The van der Waals surface area contributed by atoms with Gasteiger partial charge >= 0.3 is 5.97 Å². The van der Waals surface area contributed by atoms with Crippen molar-refractivity contribution in [2.24, 2.45) is 0 Å². The van der Waals surface area contributed by atoms with Crippen LogP contribution < -0.4 is 0 Å². The monoisotopic (exact) mass is 316 g/mol. The molecular weight excluding hydrogens is 300 g/mol. The Morgan fingerprint density at radius 2 is 1.73 bits per heavy atom. The van der Waals surface area contributed by atoms with E-state index in [2.05, 4.69) is 0 Å².